The summed E-state index contributed by atoms with van der Waals surface area (Å²) in [6.45, 7) is 3.03. The maximum atomic E-state index is 12.9. The summed E-state index contributed by atoms with van der Waals surface area (Å²) in [5.41, 5.74) is 1.75. The second kappa shape index (κ2) is 11.0. The number of aliphatic carboxylic acids is 1. The molecular weight excluding hydrogens is 497 g/mol. The predicted octanol–water partition coefficient (Wildman–Crippen LogP) is 6.39. The molecule has 186 valence electrons. The van der Waals surface area contributed by atoms with Crippen molar-refractivity contribution < 1.29 is 27.8 Å². The molecule has 0 radical (unpaired) electrons. The van der Waals surface area contributed by atoms with E-state index in [1.807, 2.05) is 19.1 Å². The smallest absolute Gasteiger partial charge is 0.416 e. The molecule has 0 amide bonds. The number of carboxylic acids is 1. The summed E-state index contributed by atoms with van der Waals surface area (Å²) in [7, 11) is 0. The molecular formula is C25H25F3N2O3S2. The van der Waals surface area contributed by atoms with Crippen LogP contribution in [-0.2, 0) is 23.3 Å². The van der Waals surface area contributed by atoms with Crippen LogP contribution in [0.4, 0.5) is 13.2 Å². The molecule has 3 aromatic rings. The van der Waals surface area contributed by atoms with Gasteiger partial charge in [0, 0.05) is 27.6 Å². The number of aryl methyl sites for hydroxylation is 1. The molecule has 2 N–H and O–H groups in total. The average Bonchev–Trinajstić information content (AvgIpc) is 3.54. The topological polar surface area (TPSA) is 71.5 Å². The Morgan fingerprint density at radius 2 is 1.97 bits per heavy atom. The molecule has 5 nitrogen and oxygen atoms in total. The number of rotatable bonds is 11. The third-order valence-electron chi connectivity index (χ3n) is 5.53. The van der Waals surface area contributed by atoms with Crippen LogP contribution in [0.15, 0.2) is 47.4 Å². The summed E-state index contributed by atoms with van der Waals surface area (Å²) in [6.07, 6.45) is -1.88. The molecule has 2 aromatic carbocycles. The molecule has 35 heavy (non-hydrogen) atoms. The Bertz CT molecular complexity index is 1180. The molecule has 1 aromatic heterocycles. The number of thioether (sulfide) groups is 1. The van der Waals surface area contributed by atoms with E-state index in [0.717, 1.165) is 45.6 Å². The highest BCUT2D eigenvalue weighted by atomic mass is 32.2. The van der Waals surface area contributed by atoms with Crippen molar-refractivity contribution in [3.8, 4) is 16.3 Å². The summed E-state index contributed by atoms with van der Waals surface area (Å²) in [5, 5.41) is 13.0. The Balaban J connectivity index is 1.48. The van der Waals surface area contributed by atoms with Gasteiger partial charge in [0.15, 0.2) is 6.61 Å². The highest BCUT2D eigenvalue weighted by Crippen LogP contribution is 2.36. The highest BCUT2D eigenvalue weighted by molar-refractivity contribution is 7.98. The number of hydrogen-bond donors (Lipinski definition) is 2. The van der Waals surface area contributed by atoms with Crippen molar-refractivity contribution >= 4 is 29.1 Å². The third kappa shape index (κ3) is 7.22. The normalized spacial score (nSPS) is 13.7. The standard InChI is InChI=1S/C25H25F3N2O3S2/c1-15-10-19(8-9-21(15)33-13-23(31)32)34-14-22-20(12-29-11-16-2-3-16)30-24(35-22)17-4-6-18(7-5-17)25(26,27)28/h4-10,16,29H,2-3,11-14H2,1H3,(H,31,32). The first-order chi connectivity index (χ1) is 16.7. The van der Waals surface area contributed by atoms with Crippen molar-refractivity contribution in [1.82, 2.24) is 10.3 Å². The van der Waals surface area contributed by atoms with Crippen LogP contribution < -0.4 is 10.1 Å². The molecule has 0 saturated heterocycles. The number of carbonyl (C=O) groups is 1. The Labute approximate surface area is 209 Å². The number of ether oxygens (including phenoxy) is 1. The van der Waals surface area contributed by atoms with Crippen molar-refractivity contribution in [2.75, 3.05) is 13.2 Å². The van der Waals surface area contributed by atoms with Crippen molar-refractivity contribution in [3.63, 3.8) is 0 Å². The number of carboxylic acid groups (broad SMARTS) is 1. The van der Waals surface area contributed by atoms with Gasteiger partial charge < -0.3 is 15.2 Å². The first-order valence-electron chi connectivity index (χ1n) is 11.1. The number of hydrogen-bond acceptors (Lipinski definition) is 6. The zero-order chi connectivity index (χ0) is 25.0. The fraction of sp³-hybridized carbons (Fsp3) is 0.360. The fourth-order valence-corrected chi connectivity index (χ4v) is 5.62. The van der Waals surface area contributed by atoms with Gasteiger partial charge in [0.25, 0.3) is 0 Å². The van der Waals surface area contributed by atoms with E-state index < -0.39 is 24.3 Å². The quantitative estimate of drug-likeness (QED) is 0.284. The maximum absolute atomic E-state index is 12.9. The van der Waals surface area contributed by atoms with E-state index in [2.05, 4.69) is 5.32 Å². The van der Waals surface area contributed by atoms with Crippen molar-refractivity contribution in [1.29, 1.82) is 0 Å². The highest BCUT2D eigenvalue weighted by Gasteiger charge is 2.30. The molecule has 1 heterocycles. The molecule has 10 heteroatoms. The zero-order valence-corrected chi connectivity index (χ0v) is 20.7. The van der Waals surface area contributed by atoms with Crippen LogP contribution >= 0.6 is 23.1 Å². The zero-order valence-electron chi connectivity index (χ0n) is 19.0. The number of aromatic nitrogens is 1. The van der Waals surface area contributed by atoms with Crippen LogP contribution in [0.2, 0.25) is 0 Å². The minimum absolute atomic E-state index is 0.391. The minimum atomic E-state index is -4.37. The number of nitrogens with one attached hydrogen (secondary N) is 1. The van der Waals surface area contributed by atoms with Gasteiger partial charge in [-0.15, -0.1) is 23.1 Å². The molecule has 1 fully saturated rings. The van der Waals surface area contributed by atoms with Gasteiger partial charge in [-0.1, -0.05) is 12.1 Å². The van der Waals surface area contributed by atoms with Crippen molar-refractivity contribution in [2.24, 2.45) is 5.92 Å². The summed E-state index contributed by atoms with van der Waals surface area (Å²) < 4.78 is 44.1. The molecule has 0 bridgehead atoms. The summed E-state index contributed by atoms with van der Waals surface area (Å²) in [4.78, 5) is 17.6. The van der Waals surface area contributed by atoms with Crippen LogP contribution in [0.25, 0.3) is 10.6 Å². The fourth-order valence-electron chi connectivity index (χ4n) is 3.44. The molecule has 4 rings (SSSR count). The van der Waals surface area contributed by atoms with E-state index in [0.29, 0.717) is 28.6 Å². The van der Waals surface area contributed by atoms with Gasteiger partial charge in [0.05, 0.1) is 11.3 Å². The van der Waals surface area contributed by atoms with Crippen LogP contribution in [-0.4, -0.2) is 29.2 Å². The Morgan fingerprint density at radius 3 is 2.60 bits per heavy atom. The van der Waals surface area contributed by atoms with E-state index in [-0.39, 0.29) is 0 Å². The van der Waals surface area contributed by atoms with E-state index in [4.69, 9.17) is 14.8 Å². The Kier molecular flexibility index (Phi) is 8.03. The lowest BCUT2D eigenvalue weighted by atomic mass is 10.1. The Morgan fingerprint density at radius 1 is 1.23 bits per heavy atom. The van der Waals surface area contributed by atoms with Gasteiger partial charge in [0.2, 0.25) is 0 Å². The van der Waals surface area contributed by atoms with Crippen LogP contribution in [0.3, 0.4) is 0 Å². The number of thiazole rings is 1. The van der Waals surface area contributed by atoms with Crippen molar-refractivity contribution in [2.45, 2.75) is 43.1 Å². The molecule has 1 saturated carbocycles. The molecule has 0 unspecified atom stereocenters. The second-order valence-electron chi connectivity index (χ2n) is 8.44. The first-order valence-corrected chi connectivity index (χ1v) is 12.9. The lowest BCUT2D eigenvalue weighted by Gasteiger charge is -2.09. The van der Waals surface area contributed by atoms with Gasteiger partial charge in [-0.2, -0.15) is 13.2 Å². The largest absolute Gasteiger partial charge is 0.482 e. The summed E-state index contributed by atoms with van der Waals surface area (Å²) in [6, 6.07) is 10.7. The lowest BCUT2D eigenvalue weighted by Crippen LogP contribution is -2.17. The van der Waals surface area contributed by atoms with E-state index in [1.54, 1.807) is 17.8 Å². The third-order valence-corrected chi connectivity index (χ3v) is 7.88. The van der Waals surface area contributed by atoms with E-state index >= 15 is 0 Å². The average molecular weight is 523 g/mol. The van der Waals surface area contributed by atoms with Gasteiger partial charge in [0.1, 0.15) is 10.8 Å². The lowest BCUT2D eigenvalue weighted by molar-refractivity contribution is -0.139. The van der Waals surface area contributed by atoms with Crippen LogP contribution in [0.1, 0.15) is 34.5 Å². The summed E-state index contributed by atoms with van der Waals surface area (Å²) >= 11 is 3.12. The number of halogens is 3. The predicted molar refractivity (Wildman–Crippen MR) is 131 cm³/mol. The SMILES string of the molecule is Cc1cc(SCc2sc(-c3ccc(C(F)(F)F)cc3)nc2CNCC2CC2)ccc1OCC(=O)O. The minimum Gasteiger partial charge on any atom is -0.482 e. The maximum Gasteiger partial charge on any atom is 0.416 e. The van der Waals surface area contributed by atoms with E-state index in [1.165, 1.54) is 36.3 Å². The number of alkyl halides is 3. The number of benzene rings is 2. The van der Waals surface area contributed by atoms with E-state index in [9.17, 15) is 18.0 Å². The van der Waals surface area contributed by atoms with Gasteiger partial charge >= 0.3 is 12.1 Å². The Hall–Kier alpha value is -2.56. The monoisotopic (exact) mass is 522 g/mol. The second-order valence-corrected chi connectivity index (χ2v) is 10.6. The van der Waals surface area contributed by atoms with Crippen LogP contribution in [0.5, 0.6) is 5.75 Å². The molecule has 0 aliphatic heterocycles. The summed E-state index contributed by atoms with van der Waals surface area (Å²) in [5.74, 6) is 0.891. The van der Waals surface area contributed by atoms with Gasteiger partial charge in [-0.3, -0.25) is 0 Å². The molecule has 0 spiro atoms. The molecule has 0 atom stereocenters. The van der Waals surface area contributed by atoms with Gasteiger partial charge in [-0.25, -0.2) is 9.78 Å². The van der Waals surface area contributed by atoms with Gasteiger partial charge in [-0.05, 0) is 68.1 Å². The van der Waals surface area contributed by atoms with Crippen LogP contribution in [0, 0.1) is 12.8 Å². The molecule has 1 aliphatic carbocycles. The molecule has 1 aliphatic rings. The first kappa shape index (κ1) is 25.5. The van der Waals surface area contributed by atoms with Crippen molar-refractivity contribution in [3.05, 3.63) is 64.2 Å². The number of nitrogens with zero attached hydrogens (tertiary/aromatic N) is 1.